The fourth-order valence-corrected chi connectivity index (χ4v) is 2.65. The Morgan fingerprint density at radius 3 is 2.88 bits per heavy atom. The van der Waals surface area contributed by atoms with Gasteiger partial charge in [0.15, 0.2) is 6.73 Å². The van der Waals surface area contributed by atoms with E-state index in [4.69, 9.17) is 4.74 Å². The number of hydrogen-bond acceptors (Lipinski definition) is 6. The number of carbonyl (C=O) groups is 2. The predicted octanol–water partition coefficient (Wildman–Crippen LogP) is 0.695. The van der Waals surface area contributed by atoms with Gasteiger partial charge in [0.05, 0.1) is 5.39 Å². The molecular formula is C16H18N4O4. The molecule has 1 aliphatic heterocycles. The lowest BCUT2D eigenvalue weighted by atomic mass is 10.2. The normalized spacial score (nSPS) is 15.3. The molecule has 0 N–H and O–H groups in total. The second kappa shape index (κ2) is 7.20. The van der Waals surface area contributed by atoms with Crippen LogP contribution in [0.25, 0.3) is 10.9 Å². The lowest BCUT2D eigenvalue weighted by molar-refractivity contribution is -0.152. The predicted molar refractivity (Wildman–Crippen MR) is 84.9 cm³/mol. The number of esters is 1. The molecule has 0 radical (unpaired) electrons. The molecule has 1 saturated heterocycles. The van der Waals surface area contributed by atoms with Crippen LogP contribution >= 0.6 is 0 Å². The molecule has 8 heteroatoms. The summed E-state index contributed by atoms with van der Waals surface area (Å²) in [7, 11) is 0. The van der Waals surface area contributed by atoms with E-state index in [2.05, 4.69) is 10.3 Å². The number of fused-ring (bicyclic) bond motifs is 1. The van der Waals surface area contributed by atoms with Crippen molar-refractivity contribution in [3.63, 3.8) is 0 Å². The van der Waals surface area contributed by atoms with Crippen molar-refractivity contribution < 1.29 is 14.3 Å². The zero-order valence-electron chi connectivity index (χ0n) is 13.2. The third kappa shape index (κ3) is 3.58. The summed E-state index contributed by atoms with van der Waals surface area (Å²) in [6, 6.07) is 6.82. The van der Waals surface area contributed by atoms with Crippen molar-refractivity contribution >= 4 is 22.8 Å². The molecule has 0 atom stereocenters. The first-order chi connectivity index (χ1) is 11.6. The molecule has 2 aromatic rings. The van der Waals surface area contributed by atoms with E-state index < -0.39 is 5.97 Å². The molecule has 1 aromatic heterocycles. The number of carbonyl (C=O) groups excluding carboxylic acids is 2. The van der Waals surface area contributed by atoms with Gasteiger partial charge in [-0.05, 0) is 25.0 Å². The van der Waals surface area contributed by atoms with Crippen LogP contribution in [0.5, 0.6) is 0 Å². The Hall–Kier alpha value is -2.77. The average Bonchev–Trinajstić information content (AvgIpc) is 2.79. The largest absolute Gasteiger partial charge is 0.441 e. The van der Waals surface area contributed by atoms with Crippen molar-refractivity contribution in [1.82, 2.24) is 19.9 Å². The lowest BCUT2D eigenvalue weighted by Crippen LogP contribution is -2.36. The molecule has 3 rings (SSSR count). The van der Waals surface area contributed by atoms with E-state index >= 15 is 0 Å². The highest BCUT2D eigenvalue weighted by molar-refractivity contribution is 5.82. The molecule has 0 bridgehead atoms. The number of aromatic nitrogens is 3. The Balaban J connectivity index is 1.63. The van der Waals surface area contributed by atoms with Gasteiger partial charge in [0.1, 0.15) is 12.1 Å². The highest BCUT2D eigenvalue weighted by Crippen LogP contribution is 2.11. The van der Waals surface area contributed by atoms with E-state index in [0.29, 0.717) is 23.9 Å². The van der Waals surface area contributed by atoms with Gasteiger partial charge in [-0.1, -0.05) is 23.8 Å². The van der Waals surface area contributed by atoms with Crippen LogP contribution in [0.15, 0.2) is 29.1 Å². The molecule has 24 heavy (non-hydrogen) atoms. The maximum absolute atomic E-state index is 12.2. The molecule has 1 fully saturated rings. The second-order valence-corrected chi connectivity index (χ2v) is 5.68. The minimum Gasteiger partial charge on any atom is -0.441 e. The van der Waals surface area contributed by atoms with Crippen molar-refractivity contribution in [1.29, 1.82) is 0 Å². The van der Waals surface area contributed by atoms with E-state index in [1.165, 1.54) is 4.90 Å². The number of benzene rings is 1. The summed E-state index contributed by atoms with van der Waals surface area (Å²) in [5, 5.41) is 8.08. The second-order valence-electron chi connectivity index (χ2n) is 5.68. The van der Waals surface area contributed by atoms with E-state index in [1.807, 2.05) is 0 Å². The van der Waals surface area contributed by atoms with Crippen LogP contribution in [0.2, 0.25) is 0 Å². The molecule has 1 amide bonds. The molecular weight excluding hydrogens is 312 g/mol. The van der Waals surface area contributed by atoms with Gasteiger partial charge in [-0.2, -0.15) is 4.68 Å². The highest BCUT2D eigenvalue weighted by Gasteiger charge is 2.20. The van der Waals surface area contributed by atoms with Gasteiger partial charge in [-0.15, -0.1) is 5.10 Å². The summed E-state index contributed by atoms with van der Waals surface area (Å²) in [5.41, 5.74) is 0.111. The monoisotopic (exact) mass is 330 g/mol. The SMILES string of the molecule is O=C(CN1CCCCCC1=O)OCn1nnc2ccccc2c1=O. The Kier molecular flexibility index (Phi) is 4.83. The smallest absolute Gasteiger partial charge is 0.327 e. The van der Waals surface area contributed by atoms with Crippen molar-refractivity contribution in [2.45, 2.75) is 32.4 Å². The van der Waals surface area contributed by atoms with Crippen LogP contribution in [0, 0.1) is 0 Å². The summed E-state index contributed by atoms with van der Waals surface area (Å²) in [6.45, 7) is 0.135. The average molecular weight is 330 g/mol. The number of rotatable bonds is 4. The van der Waals surface area contributed by atoms with Gasteiger partial charge in [-0.25, -0.2) is 0 Å². The van der Waals surface area contributed by atoms with Gasteiger partial charge >= 0.3 is 5.97 Å². The minimum atomic E-state index is -0.563. The first kappa shape index (κ1) is 16.1. The summed E-state index contributed by atoms with van der Waals surface area (Å²) in [4.78, 5) is 37.5. The number of amides is 1. The quantitative estimate of drug-likeness (QED) is 0.766. The lowest BCUT2D eigenvalue weighted by Gasteiger charge is -2.19. The van der Waals surface area contributed by atoms with Crippen LogP contribution < -0.4 is 5.56 Å². The third-order valence-electron chi connectivity index (χ3n) is 3.97. The maximum atomic E-state index is 12.2. The topological polar surface area (TPSA) is 94.4 Å². The summed E-state index contributed by atoms with van der Waals surface area (Å²) in [6.07, 6.45) is 3.18. The molecule has 0 unspecified atom stereocenters. The molecule has 1 aliphatic rings. The van der Waals surface area contributed by atoms with Crippen molar-refractivity contribution in [3.8, 4) is 0 Å². The van der Waals surface area contributed by atoms with Gasteiger partial charge in [-0.3, -0.25) is 14.4 Å². The fourth-order valence-electron chi connectivity index (χ4n) is 2.65. The molecule has 8 nitrogen and oxygen atoms in total. The number of nitrogens with zero attached hydrogens (tertiary/aromatic N) is 4. The molecule has 0 aliphatic carbocycles. The first-order valence-electron chi connectivity index (χ1n) is 7.91. The highest BCUT2D eigenvalue weighted by atomic mass is 16.5. The standard InChI is InChI=1S/C16H18N4O4/c21-14-8-2-1-5-9-19(14)10-15(22)24-11-20-16(23)12-6-3-4-7-13(12)17-18-20/h3-4,6-7H,1-2,5,8-11H2. The number of ether oxygens (including phenoxy) is 1. The Labute approximate surface area is 138 Å². The zero-order chi connectivity index (χ0) is 16.9. The van der Waals surface area contributed by atoms with Crippen LogP contribution in [0.4, 0.5) is 0 Å². The van der Waals surface area contributed by atoms with E-state index in [0.717, 1.165) is 23.9 Å². The van der Waals surface area contributed by atoms with Crippen molar-refractivity contribution in [3.05, 3.63) is 34.6 Å². The summed E-state index contributed by atoms with van der Waals surface area (Å²) >= 11 is 0. The molecule has 2 heterocycles. The summed E-state index contributed by atoms with van der Waals surface area (Å²) < 4.78 is 6.07. The molecule has 126 valence electrons. The van der Waals surface area contributed by atoms with E-state index in [-0.39, 0.29) is 24.7 Å². The molecule has 0 spiro atoms. The van der Waals surface area contributed by atoms with E-state index in [9.17, 15) is 14.4 Å². The Bertz CT molecular complexity index is 817. The van der Waals surface area contributed by atoms with Crippen molar-refractivity contribution in [2.75, 3.05) is 13.1 Å². The summed E-state index contributed by atoms with van der Waals surface area (Å²) in [5.74, 6) is -0.598. The van der Waals surface area contributed by atoms with E-state index in [1.54, 1.807) is 24.3 Å². The van der Waals surface area contributed by atoms with Crippen LogP contribution in [-0.4, -0.2) is 44.9 Å². The van der Waals surface area contributed by atoms with Gasteiger partial charge < -0.3 is 9.64 Å². The third-order valence-corrected chi connectivity index (χ3v) is 3.97. The van der Waals surface area contributed by atoms with Crippen LogP contribution in [0.1, 0.15) is 25.7 Å². The maximum Gasteiger partial charge on any atom is 0.327 e. The first-order valence-corrected chi connectivity index (χ1v) is 7.91. The van der Waals surface area contributed by atoms with Gasteiger partial charge in [0, 0.05) is 13.0 Å². The Morgan fingerprint density at radius 1 is 1.17 bits per heavy atom. The zero-order valence-corrected chi connectivity index (χ0v) is 13.2. The molecule has 1 aromatic carbocycles. The number of hydrogen-bond donors (Lipinski definition) is 0. The van der Waals surface area contributed by atoms with Gasteiger partial charge in [0.25, 0.3) is 5.56 Å². The Morgan fingerprint density at radius 2 is 2.00 bits per heavy atom. The minimum absolute atomic E-state index is 0.0351. The van der Waals surface area contributed by atoms with Crippen LogP contribution in [0.3, 0.4) is 0 Å². The van der Waals surface area contributed by atoms with Crippen molar-refractivity contribution in [2.24, 2.45) is 0 Å². The van der Waals surface area contributed by atoms with Crippen LogP contribution in [-0.2, 0) is 21.1 Å². The molecule has 0 saturated carbocycles. The fraction of sp³-hybridized carbons (Fsp3) is 0.438. The number of likely N-dealkylation sites (tertiary alicyclic amines) is 1. The van der Waals surface area contributed by atoms with Gasteiger partial charge in [0.2, 0.25) is 5.91 Å².